The average molecular weight is 598 g/mol. The van der Waals surface area contributed by atoms with Crippen LogP contribution >= 0.6 is 0 Å². The van der Waals surface area contributed by atoms with E-state index < -0.39 is 0 Å². The molecule has 4 aromatic rings. The van der Waals surface area contributed by atoms with Crippen LogP contribution in [0.2, 0.25) is 0 Å². The number of hydrogen-bond donors (Lipinski definition) is 1. The number of nitrogens with zero attached hydrogens (tertiary/aromatic N) is 8. The summed E-state index contributed by atoms with van der Waals surface area (Å²) in [6.45, 7) is 2.12. The molecule has 0 spiro atoms. The first-order chi connectivity index (χ1) is 21.3. The van der Waals surface area contributed by atoms with Crippen molar-refractivity contribution in [2.75, 3.05) is 30.9 Å². The zero-order valence-corrected chi connectivity index (χ0v) is 24.6. The van der Waals surface area contributed by atoms with E-state index in [1.807, 2.05) is 35.9 Å². The molecule has 5 heterocycles. The Bertz CT molecular complexity index is 1800. The Hall–Kier alpha value is -4.98. The van der Waals surface area contributed by atoms with Gasteiger partial charge in [0.05, 0.1) is 23.6 Å². The molecular formula is C30H31N9O5. The van der Waals surface area contributed by atoms with Crippen molar-refractivity contribution >= 4 is 35.1 Å². The van der Waals surface area contributed by atoms with E-state index >= 15 is 0 Å². The second kappa shape index (κ2) is 10.9. The van der Waals surface area contributed by atoms with Crippen LogP contribution in [-0.2, 0) is 27.5 Å². The predicted molar refractivity (Wildman–Crippen MR) is 156 cm³/mol. The van der Waals surface area contributed by atoms with E-state index in [1.54, 1.807) is 19.5 Å². The molecule has 3 aliphatic rings. The van der Waals surface area contributed by atoms with Gasteiger partial charge in [-0.05, 0) is 49.8 Å². The van der Waals surface area contributed by atoms with Gasteiger partial charge in [-0.1, -0.05) is 0 Å². The number of likely N-dealkylation sites (N-methyl/N-ethyl adjacent to an activating group) is 1. The Morgan fingerprint density at radius 3 is 2.68 bits per heavy atom. The monoisotopic (exact) mass is 597 g/mol. The maximum atomic E-state index is 13.0. The van der Waals surface area contributed by atoms with Crippen molar-refractivity contribution in [1.29, 1.82) is 0 Å². The molecule has 0 aromatic carbocycles. The van der Waals surface area contributed by atoms with Crippen molar-refractivity contribution in [1.82, 2.24) is 34.2 Å². The first kappa shape index (κ1) is 27.8. The second-order valence-electron chi connectivity index (χ2n) is 11.5. The van der Waals surface area contributed by atoms with Crippen molar-refractivity contribution in [3.05, 3.63) is 65.3 Å². The molecule has 3 fully saturated rings. The van der Waals surface area contributed by atoms with Crippen LogP contribution in [-0.4, -0.2) is 72.8 Å². The zero-order chi connectivity index (χ0) is 30.5. The number of methoxy groups -OCH3 is 1. The number of urea groups is 1. The summed E-state index contributed by atoms with van der Waals surface area (Å²) >= 11 is 0. The van der Waals surface area contributed by atoms with Crippen molar-refractivity contribution in [3.63, 3.8) is 0 Å². The van der Waals surface area contributed by atoms with E-state index in [2.05, 4.69) is 25.3 Å². The summed E-state index contributed by atoms with van der Waals surface area (Å²) in [6, 6.07) is 3.40. The summed E-state index contributed by atoms with van der Waals surface area (Å²) in [5, 5.41) is 2.79. The zero-order valence-electron chi connectivity index (χ0n) is 24.6. The Morgan fingerprint density at radius 2 is 1.95 bits per heavy atom. The molecule has 226 valence electrons. The van der Waals surface area contributed by atoms with Gasteiger partial charge in [0, 0.05) is 56.5 Å². The molecular weight excluding hydrogens is 566 g/mol. The Morgan fingerprint density at radius 1 is 1.11 bits per heavy atom. The number of fused-ring (bicyclic) bond motifs is 1. The lowest BCUT2D eigenvalue weighted by Gasteiger charge is -2.17. The highest BCUT2D eigenvalue weighted by molar-refractivity contribution is 6.13. The minimum Gasteiger partial charge on any atom is -0.471 e. The second-order valence-corrected chi connectivity index (χ2v) is 11.5. The minimum atomic E-state index is -0.380. The Kier molecular flexibility index (Phi) is 6.92. The number of nitrogens with one attached hydrogen (secondary N) is 1. The number of imidazole rings is 1. The standard InChI is InChI=1S/C30H31N9O5/c1-16-6-7-31-25(33-16)21-9-22(21)27(41)35-29-32-10-19(14-43-3)28(36-29)44-15-20-12-38-11-18(17-4-5-17)8-23(26(38)34-20)39-13-24(40)37(2)30(39)42/h6-8,10-12,17,21-22H,4-5,9,13-15H2,1-3H3,(H,32,35,36,41). The third kappa shape index (κ3) is 5.32. The van der Waals surface area contributed by atoms with Gasteiger partial charge in [-0.2, -0.15) is 4.98 Å². The minimum absolute atomic E-state index is 0.0341. The van der Waals surface area contributed by atoms with E-state index in [1.165, 1.54) is 11.9 Å². The average Bonchev–Trinajstić information content (AvgIpc) is 3.94. The molecule has 0 bridgehead atoms. The quantitative estimate of drug-likeness (QED) is 0.270. The van der Waals surface area contributed by atoms with Crippen LogP contribution in [0.1, 0.15) is 59.4 Å². The summed E-state index contributed by atoms with van der Waals surface area (Å²) in [6.07, 6.45) is 9.94. The summed E-state index contributed by atoms with van der Waals surface area (Å²) < 4.78 is 13.3. The van der Waals surface area contributed by atoms with Gasteiger partial charge in [-0.3, -0.25) is 24.7 Å². The molecule has 0 radical (unpaired) electrons. The van der Waals surface area contributed by atoms with Crippen LogP contribution in [0.25, 0.3) is 5.65 Å². The van der Waals surface area contributed by atoms with Gasteiger partial charge in [0.25, 0.3) is 0 Å². The Labute approximate surface area is 252 Å². The van der Waals surface area contributed by atoms with Crippen LogP contribution < -0.4 is 15.0 Å². The number of ether oxygens (including phenoxy) is 2. The molecule has 2 atom stereocenters. The number of anilines is 2. The third-order valence-corrected chi connectivity index (χ3v) is 8.12. The number of amides is 4. The largest absolute Gasteiger partial charge is 0.471 e. The highest BCUT2D eigenvalue weighted by Crippen LogP contribution is 2.46. The number of aryl methyl sites for hydroxylation is 1. The molecule has 14 nitrogen and oxygen atoms in total. The maximum Gasteiger partial charge on any atom is 0.331 e. The lowest BCUT2D eigenvalue weighted by Crippen LogP contribution is -2.30. The number of rotatable bonds is 10. The van der Waals surface area contributed by atoms with Gasteiger partial charge in [-0.15, -0.1) is 0 Å². The summed E-state index contributed by atoms with van der Waals surface area (Å²) in [5.41, 5.74) is 4.29. The smallest absolute Gasteiger partial charge is 0.331 e. The fraction of sp³-hybridized carbons (Fsp3) is 0.400. The maximum absolute atomic E-state index is 13.0. The van der Waals surface area contributed by atoms with Crippen molar-refractivity contribution in [2.24, 2.45) is 5.92 Å². The third-order valence-electron chi connectivity index (χ3n) is 8.12. The fourth-order valence-electron chi connectivity index (χ4n) is 5.44. The molecule has 44 heavy (non-hydrogen) atoms. The number of carbonyl (C=O) groups is 3. The molecule has 1 saturated heterocycles. The molecule has 14 heteroatoms. The number of aromatic nitrogens is 6. The number of pyridine rings is 1. The van der Waals surface area contributed by atoms with Gasteiger partial charge < -0.3 is 13.9 Å². The Balaban J connectivity index is 1.10. The van der Waals surface area contributed by atoms with Crippen molar-refractivity contribution in [2.45, 2.75) is 51.2 Å². The summed E-state index contributed by atoms with van der Waals surface area (Å²) in [7, 11) is 3.04. The summed E-state index contributed by atoms with van der Waals surface area (Å²) in [5.74, 6) is 0.703. The van der Waals surface area contributed by atoms with Crippen molar-refractivity contribution < 1.29 is 23.9 Å². The number of carbonyl (C=O) groups excluding carboxylic acids is 3. The molecule has 1 N–H and O–H groups in total. The SMILES string of the molecule is COCc1cnc(NC(=O)C2CC2c2nccc(C)n2)nc1OCc1cn2cc(C3CC3)cc(N3CC(=O)N(C)C3=O)c2n1. The lowest BCUT2D eigenvalue weighted by atomic mass is 10.1. The molecule has 2 unspecified atom stereocenters. The van der Waals surface area contributed by atoms with Gasteiger partial charge >= 0.3 is 6.03 Å². The van der Waals surface area contributed by atoms with Gasteiger partial charge in [0.2, 0.25) is 23.6 Å². The van der Waals surface area contributed by atoms with E-state index in [-0.39, 0.29) is 61.3 Å². The molecule has 1 aliphatic heterocycles. The van der Waals surface area contributed by atoms with Gasteiger partial charge in [0.1, 0.15) is 19.0 Å². The molecule has 4 aromatic heterocycles. The molecule has 2 aliphatic carbocycles. The highest BCUT2D eigenvalue weighted by atomic mass is 16.5. The normalized spacial score (nSPS) is 19.6. The highest BCUT2D eigenvalue weighted by Gasteiger charge is 2.46. The van der Waals surface area contributed by atoms with E-state index in [0.717, 1.165) is 29.0 Å². The topological polar surface area (TPSA) is 157 Å². The molecule has 2 saturated carbocycles. The first-order valence-corrected chi connectivity index (χ1v) is 14.5. The van der Waals surface area contributed by atoms with Gasteiger partial charge in [0.15, 0.2) is 5.65 Å². The van der Waals surface area contributed by atoms with E-state index in [0.29, 0.717) is 40.8 Å². The summed E-state index contributed by atoms with van der Waals surface area (Å²) in [4.78, 5) is 62.9. The predicted octanol–water partition coefficient (Wildman–Crippen LogP) is 2.97. The number of imide groups is 1. The van der Waals surface area contributed by atoms with Gasteiger partial charge in [-0.25, -0.2) is 24.7 Å². The van der Waals surface area contributed by atoms with E-state index in [4.69, 9.17) is 14.5 Å². The van der Waals surface area contributed by atoms with Crippen LogP contribution in [0.3, 0.4) is 0 Å². The van der Waals surface area contributed by atoms with Crippen LogP contribution in [0.15, 0.2) is 36.9 Å². The number of hydrogen-bond acceptors (Lipinski definition) is 10. The van der Waals surface area contributed by atoms with E-state index in [9.17, 15) is 14.4 Å². The van der Waals surface area contributed by atoms with Crippen molar-refractivity contribution in [3.8, 4) is 5.88 Å². The first-order valence-electron chi connectivity index (χ1n) is 14.5. The van der Waals surface area contributed by atoms with Crippen LogP contribution in [0, 0.1) is 12.8 Å². The van der Waals surface area contributed by atoms with Crippen LogP contribution in [0.4, 0.5) is 16.4 Å². The van der Waals surface area contributed by atoms with Crippen LogP contribution in [0.5, 0.6) is 5.88 Å². The molecule has 4 amide bonds. The fourth-order valence-corrected chi connectivity index (χ4v) is 5.44. The molecule has 7 rings (SSSR count). The lowest BCUT2D eigenvalue weighted by molar-refractivity contribution is -0.124.